The topological polar surface area (TPSA) is 100 Å². The first-order valence-electron chi connectivity index (χ1n) is 12.2. The van der Waals surface area contributed by atoms with Crippen LogP contribution in [-0.2, 0) is 4.74 Å². The molecule has 2 fully saturated rings. The Morgan fingerprint density at radius 2 is 2.03 bits per heavy atom. The number of alkyl halides is 2. The number of carbonyl (C=O) groups is 1. The van der Waals surface area contributed by atoms with Gasteiger partial charge < -0.3 is 25.2 Å². The second-order valence-corrected chi connectivity index (χ2v) is 9.15. The number of aryl methyl sites for hydroxylation is 1. The van der Waals surface area contributed by atoms with Gasteiger partial charge in [-0.15, -0.1) is 0 Å². The van der Waals surface area contributed by atoms with E-state index < -0.39 is 6.43 Å². The minimum absolute atomic E-state index is 0.0799. The molecule has 35 heavy (non-hydrogen) atoms. The van der Waals surface area contributed by atoms with Crippen LogP contribution in [0.15, 0.2) is 12.4 Å². The Kier molecular flexibility index (Phi) is 8.32. The standard InChI is InChI=1S/C23H34F2N8O2/c1-16-19(15-33(30-16)17-6-11-31(2)12-7-17)28-22-27-14-18(20(24)25)21(29-22)26-8-5-10-32-9-3-4-13-35-23(32)34/h14-15,17,20H,3-13H2,1-2H3,(H2,26,27,28,29). The third kappa shape index (κ3) is 6.56. The molecule has 0 unspecified atom stereocenters. The van der Waals surface area contributed by atoms with Gasteiger partial charge in [0.1, 0.15) is 5.82 Å². The summed E-state index contributed by atoms with van der Waals surface area (Å²) in [5.74, 6) is 0.301. The third-order valence-electron chi connectivity index (χ3n) is 6.48. The van der Waals surface area contributed by atoms with Gasteiger partial charge in [-0.05, 0) is 59.2 Å². The Morgan fingerprint density at radius 1 is 1.23 bits per heavy atom. The zero-order chi connectivity index (χ0) is 24.8. The van der Waals surface area contributed by atoms with Crippen LogP contribution in [0.4, 0.5) is 31.0 Å². The molecule has 0 spiro atoms. The van der Waals surface area contributed by atoms with Crippen molar-refractivity contribution in [3.05, 3.63) is 23.7 Å². The van der Waals surface area contributed by atoms with Gasteiger partial charge in [-0.3, -0.25) is 4.68 Å². The molecule has 0 aromatic carbocycles. The second-order valence-electron chi connectivity index (χ2n) is 9.15. The summed E-state index contributed by atoms with van der Waals surface area (Å²) in [4.78, 5) is 24.3. The number of aromatic nitrogens is 4. The first-order valence-corrected chi connectivity index (χ1v) is 12.2. The number of piperidine rings is 1. The molecule has 2 saturated heterocycles. The van der Waals surface area contributed by atoms with Crippen molar-refractivity contribution in [2.75, 3.05) is 57.0 Å². The molecular formula is C23H34F2N8O2. The Hall–Kier alpha value is -3.02. The Labute approximate surface area is 204 Å². The summed E-state index contributed by atoms with van der Waals surface area (Å²) in [6, 6.07) is 0.335. The molecule has 0 atom stereocenters. The number of nitrogens with one attached hydrogen (secondary N) is 2. The van der Waals surface area contributed by atoms with E-state index in [0.29, 0.717) is 38.7 Å². The molecule has 1 amide bonds. The number of nitrogens with zero attached hydrogens (tertiary/aromatic N) is 6. The first-order chi connectivity index (χ1) is 16.9. The highest BCUT2D eigenvalue weighted by Crippen LogP contribution is 2.28. The van der Waals surface area contributed by atoms with E-state index in [1.165, 1.54) is 0 Å². The maximum absolute atomic E-state index is 13.6. The van der Waals surface area contributed by atoms with Crippen molar-refractivity contribution in [1.82, 2.24) is 29.5 Å². The average molecular weight is 493 g/mol. The molecule has 12 heteroatoms. The molecule has 2 aliphatic heterocycles. The largest absolute Gasteiger partial charge is 0.449 e. The number of rotatable bonds is 9. The van der Waals surface area contributed by atoms with Crippen LogP contribution in [0.5, 0.6) is 0 Å². The lowest BCUT2D eigenvalue weighted by molar-refractivity contribution is 0.116. The van der Waals surface area contributed by atoms with E-state index in [2.05, 4.69) is 37.6 Å². The maximum Gasteiger partial charge on any atom is 0.409 e. The molecular weight excluding hydrogens is 458 g/mol. The van der Waals surface area contributed by atoms with Crippen LogP contribution >= 0.6 is 0 Å². The van der Waals surface area contributed by atoms with Gasteiger partial charge in [0.2, 0.25) is 5.95 Å². The van der Waals surface area contributed by atoms with Crippen LogP contribution in [0.1, 0.15) is 55.8 Å². The van der Waals surface area contributed by atoms with Gasteiger partial charge in [-0.2, -0.15) is 10.1 Å². The van der Waals surface area contributed by atoms with Gasteiger partial charge >= 0.3 is 6.09 Å². The van der Waals surface area contributed by atoms with E-state index in [-0.39, 0.29) is 23.4 Å². The van der Waals surface area contributed by atoms with Gasteiger partial charge in [0.05, 0.1) is 29.6 Å². The van der Waals surface area contributed by atoms with Gasteiger partial charge in [-0.25, -0.2) is 18.6 Å². The summed E-state index contributed by atoms with van der Waals surface area (Å²) in [7, 11) is 2.12. The second kappa shape index (κ2) is 11.6. The molecule has 192 valence electrons. The number of hydrogen-bond acceptors (Lipinski definition) is 8. The van der Waals surface area contributed by atoms with Crippen molar-refractivity contribution in [1.29, 1.82) is 0 Å². The number of halogens is 2. The molecule has 0 bridgehead atoms. The van der Waals surface area contributed by atoms with Crippen LogP contribution in [-0.4, -0.2) is 82.0 Å². The minimum Gasteiger partial charge on any atom is -0.449 e. The summed E-state index contributed by atoms with van der Waals surface area (Å²) in [5, 5.41) is 10.8. The zero-order valence-corrected chi connectivity index (χ0v) is 20.3. The summed E-state index contributed by atoms with van der Waals surface area (Å²) >= 11 is 0. The monoisotopic (exact) mass is 492 g/mol. The van der Waals surface area contributed by atoms with Crippen molar-refractivity contribution in [2.45, 2.75) is 51.5 Å². The highest BCUT2D eigenvalue weighted by Gasteiger charge is 2.22. The summed E-state index contributed by atoms with van der Waals surface area (Å²) < 4.78 is 34.2. The first kappa shape index (κ1) is 25.1. The van der Waals surface area contributed by atoms with Gasteiger partial charge in [0.25, 0.3) is 6.43 Å². The van der Waals surface area contributed by atoms with E-state index in [9.17, 15) is 13.6 Å². The van der Waals surface area contributed by atoms with Crippen molar-refractivity contribution in [2.24, 2.45) is 0 Å². The fraction of sp³-hybridized carbons (Fsp3) is 0.652. The molecule has 2 aromatic heterocycles. The molecule has 0 saturated carbocycles. The van der Waals surface area contributed by atoms with E-state index in [1.54, 1.807) is 4.90 Å². The third-order valence-corrected chi connectivity index (χ3v) is 6.48. The molecule has 2 aromatic rings. The lowest BCUT2D eigenvalue weighted by Gasteiger charge is -2.28. The number of hydrogen-bond donors (Lipinski definition) is 2. The Balaban J connectivity index is 1.38. The fourth-order valence-electron chi connectivity index (χ4n) is 4.35. The van der Waals surface area contributed by atoms with Gasteiger partial charge in [0.15, 0.2) is 0 Å². The number of anilines is 3. The van der Waals surface area contributed by atoms with E-state index in [1.807, 2.05) is 17.8 Å². The Morgan fingerprint density at radius 3 is 2.80 bits per heavy atom. The molecule has 4 heterocycles. The highest BCUT2D eigenvalue weighted by atomic mass is 19.3. The normalized spacial score (nSPS) is 18.0. The van der Waals surface area contributed by atoms with Crippen LogP contribution in [0.3, 0.4) is 0 Å². The molecule has 2 aliphatic rings. The number of likely N-dealkylation sites (tertiary alicyclic amines) is 1. The lowest BCUT2D eigenvalue weighted by atomic mass is 10.1. The molecule has 0 radical (unpaired) electrons. The van der Waals surface area contributed by atoms with Crippen molar-refractivity contribution < 1.29 is 18.3 Å². The van der Waals surface area contributed by atoms with Crippen molar-refractivity contribution in [3.63, 3.8) is 0 Å². The number of amides is 1. The summed E-state index contributed by atoms with van der Waals surface area (Å²) in [6.45, 7) is 5.91. The van der Waals surface area contributed by atoms with Crippen LogP contribution in [0.25, 0.3) is 0 Å². The maximum atomic E-state index is 13.6. The minimum atomic E-state index is -2.71. The van der Waals surface area contributed by atoms with Crippen LogP contribution < -0.4 is 10.6 Å². The number of carbonyl (C=O) groups excluding carboxylic acids is 1. The van der Waals surface area contributed by atoms with E-state index in [4.69, 9.17) is 4.74 Å². The van der Waals surface area contributed by atoms with Crippen LogP contribution in [0, 0.1) is 6.92 Å². The van der Waals surface area contributed by atoms with Crippen molar-refractivity contribution in [3.8, 4) is 0 Å². The van der Waals surface area contributed by atoms with Gasteiger partial charge in [-0.1, -0.05) is 0 Å². The number of cyclic esters (lactones) is 1. The summed E-state index contributed by atoms with van der Waals surface area (Å²) in [6.07, 6.45) is 4.43. The van der Waals surface area contributed by atoms with Gasteiger partial charge in [0, 0.05) is 32.0 Å². The predicted molar refractivity (Wildman–Crippen MR) is 128 cm³/mol. The predicted octanol–water partition coefficient (Wildman–Crippen LogP) is 3.96. The molecule has 4 rings (SSSR count). The van der Waals surface area contributed by atoms with E-state index in [0.717, 1.165) is 56.4 Å². The fourth-order valence-corrected chi connectivity index (χ4v) is 4.35. The van der Waals surface area contributed by atoms with E-state index >= 15 is 0 Å². The average Bonchev–Trinajstić information content (AvgIpc) is 3.06. The Bertz CT molecular complexity index is 994. The molecule has 10 nitrogen and oxygen atoms in total. The quantitative estimate of drug-likeness (QED) is 0.508. The van der Waals surface area contributed by atoms with Crippen molar-refractivity contribution >= 4 is 23.5 Å². The zero-order valence-electron chi connectivity index (χ0n) is 20.3. The molecule has 2 N–H and O–H groups in total. The highest BCUT2D eigenvalue weighted by molar-refractivity contribution is 5.67. The lowest BCUT2D eigenvalue weighted by Crippen LogP contribution is -2.32. The summed E-state index contributed by atoms with van der Waals surface area (Å²) in [5.41, 5.74) is 1.28. The number of ether oxygens (including phenoxy) is 1. The van der Waals surface area contributed by atoms with Crippen LogP contribution in [0.2, 0.25) is 0 Å². The molecule has 0 aliphatic carbocycles. The SMILES string of the molecule is Cc1nn(C2CCN(C)CC2)cc1Nc1ncc(C(F)F)c(NCCCN2CCCCOC2=O)n1. The smallest absolute Gasteiger partial charge is 0.409 e.